The van der Waals surface area contributed by atoms with Crippen molar-refractivity contribution in [2.24, 2.45) is 0 Å². The van der Waals surface area contributed by atoms with E-state index >= 15 is 0 Å². The molecule has 0 fully saturated rings. The molecule has 0 saturated carbocycles. The summed E-state index contributed by atoms with van der Waals surface area (Å²) in [5, 5.41) is 10.9. The second-order valence-corrected chi connectivity index (χ2v) is 1.98. The van der Waals surface area contributed by atoms with E-state index in [0.29, 0.717) is 5.56 Å². The van der Waals surface area contributed by atoms with Crippen LogP contribution in [0.3, 0.4) is 0 Å². The van der Waals surface area contributed by atoms with Crippen molar-refractivity contribution in [3.05, 3.63) is 35.9 Å². The average molecular weight is 137 g/mol. The highest BCUT2D eigenvalue weighted by Crippen LogP contribution is 2.11. The first-order chi connectivity index (χ1) is 4.84. The lowest BCUT2D eigenvalue weighted by molar-refractivity contribution is -0.123. The minimum absolute atomic E-state index is 0.671. The van der Waals surface area contributed by atoms with Gasteiger partial charge in [0.15, 0.2) is 0 Å². The smallest absolute Gasteiger partial charge is 0.217 e. The summed E-state index contributed by atoms with van der Waals surface area (Å²) < 4.78 is 4.58. The molecule has 0 spiro atoms. The van der Waals surface area contributed by atoms with Crippen molar-refractivity contribution in [1.82, 2.24) is 0 Å². The third kappa shape index (κ3) is 1.56. The molecule has 0 aliphatic rings. The fourth-order valence-electron chi connectivity index (χ4n) is 0.746. The first kappa shape index (κ1) is 7.25. The van der Waals surface area contributed by atoms with Crippen molar-refractivity contribution >= 4 is 0 Å². The molecule has 2 heteroatoms. The fourth-order valence-corrected chi connectivity index (χ4v) is 0.746. The average Bonchev–Trinajstić information content (AvgIpc) is 2.05. The zero-order valence-electron chi connectivity index (χ0n) is 5.78. The summed E-state index contributed by atoms with van der Waals surface area (Å²) in [6.45, 7) is 0. The van der Waals surface area contributed by atoms with Crippen LogP contribution in [0.25, 0.3) is 0 Å². The number of ether oxygens (including phenoxy) is 1. The molecule has 1 radical (unpaired) electrons. The molecule has 0 saturated heterocycles. The molecular weight excluding hydrogens is 128 g/mol. The Morgan fingerprint density at radius 3 is 2.40 bits per heavy atom. The van der Waals surface area contributed by atoms with E-state index in [2.05, 4.69) is 4.74 Å². The highest BCUT2D eigenvalue weighted by Gasteiger charge is 2.04. The monoisotopic (exact) mass is 137 g/mol. The Balaban J connectivity index is 2.75. The Labute approximate surface area is 60.1 Å². The molecule has 1 unspecified atom stereocenters. The summed E-state index contributed by atoms with van der Waals surface area (Å²) in [4.78, 5) is 0. The largest absolute Gasteiger partial charge is 0.349 e. The quantitative estimate of drug-likeness (QED) is 0.571. The van der Waals surface area contributed by atoms with E-state index in [1.807, 2.05) is 18.2 Å². The van der Waals surface area contributed by atoms with Gasteiger partial charge in [0.1, 0.15) is 0 Å². The first-order valence-electron chi connectivity index (χ1n) is 3.08. The molecule has 10 heavy (non-hydrogen) atoms. The fraction of sp³-hybridized carbons (Fsp3) is 0.250. The van der Waals surface area contributed by atoms with Crippen LogP contribution >= 0.6 is 0 Å². The van der Waals surface area contributed by atoms with Crippen molar-refractivity contribution in [3.8, 4) is 0 Å². The maximum absolute atomic E-state index is 10.9. The van der Waals surface area contributed by atoms with E-state index in [9.17, 15) is 5.11 Å². The molecule has 0 aromatic heterocycles. The summed E-state index contributed by atoms with van der Waals surface area (Å²) in [6.07, 6.45) is -1.04. The van der Waals surface area contributed by atoms with Crippen LogP contribution in [0.15, 0.2) is 30.3 Å². The van der Waals surface area contributed by atoms with E-state index in [1.54, 1.807) is 12.1 Å². The van der Waals surface area contributed by atoms with Gasteiger partial charge in [0, 0.05) is 12.7 Å². The molecular formula is C8H9O2. The van der Waals surface area contributed by atoms with Gasteiger partial charge in [-0.25, -0.2) is 0 Å². The van der Waals surface area contributed by atoms with Crippen molar-refractivity contribution in [1.29, 1.82) is 0 Å². The molecule has 0 aliphatic heterocycles. The maximum Gasteiger partial charge on any atom is 0.217 e. The van der Waals surface area contributed by atoms with E-state index in [1.165, 1.54) is 7.11 Å². The number of hydrogen-bond donors (Lipinski definition) is 0. The highest BCUT2D eigenvalue weighted by molar-refractivity contribution is 5.15. The van der Waals surface area contributed by atoms with Gasteiger partial charge in [0.2, 0.25) is 6.29 Å². The van der Waals surface area contributed by atoms with Gasteiger partial charge in [-0.2, -0.15) is 5.11 Å². The number of methoxy groups -OCH3 is 1. The predicted octanol–water partition coefficient (Wildman–Crippen LogP) is 1.76. The second kappa shape index (κ2) is 3.34. The van der Waals surface area contributed by atoms with Gasteiger partial charge in [-0.1, -0.05) is 30.3 Å². The van der Waals surface area contributed by atoms with Crippen molar-refractivity contribution < 1.29 is 9.84 Å². The van der Waals surface area contributed by atoms with Gasteiger partial charge in [-0.05, 0) is 0 Å². The molecule has 0 heterocycles. The predicted molar refractivity (Wildman–Crippen MR) is 36.9 cm³/mol. The summed E-state index contributed by atoms with van der Waals surface area (Å²) in [6, 6.07) is 9.01. The third-order valence-electron chi connectivity index (χ3n) is 1.29. The SMILES string of the molecule is COC([O])c1ccccc1. The summed E-state index contributed by atoms with van der Waals surface area (Å²) in [5.74, 6) is 0. The van der Waals surface area contributed by atoms with E-state index < -0.39 is 6.29 Å². The molecule has 1 aromatic carbocycles. The van der Waals surface area contributed by atoms with E-state index in [0.717, 1.165) is 0 Å². The Kier molecular flexibility index (Phi) is 2.42. The lowest BCUT2D eigenvalue weighted by atomic mass is 10.2. The van der Waals surface area contributed by atoms with E-state index in [4.69, 9.17) is 0 Å². The molecule has 53 valence electrons. The Bertz CT molecular complexity index is 184. The normalized spacial score (nSPS) is 13.0. The standard InChI is InChI=1S/C8H9O2/c1-10-8(9)7-5-3-2-4-6-7/h2-6,8H,1H3. The Morgan fingerprint density at radius 1 is 1.30 bits per heavy atom. The van der Waals surface area contributed by atoms with Crippen LogP contribution in [0.5, 0.6) is 0 Å². The number of rotatable bonds is 2. The van der Waals surface area contributed by atoms with Gasteiger partial charge in [0.05, 0.1) is 0 Å². The van der Waals surface area contributed by atoms with Crippen LogP contribution < -0.4 is 0 Å². The van der Waals surface area contributed by atoms with Gasteiger partial charge in [-0.3, -0.25) is 0 Å². The second-order valence-electron chi connectivity index (χ2n) is 1.98. The zero-order valence-corrected chi connectivity index (χ0v) is 5.78. The Hall–Kier alpha value is -0.860. The molecule has 1 aromatic rings. The van der Waals surface area contributed by atoms with Crippen molar-refractivity contribution in [2.75, 3.05) is 7.11 Å². The van der Waals surface area contributed by atoms with Gasteiger partial charge < -0.3 is 4.74 Å². The lowest BCUT2D eigenvalue weighted by Crippen LogP contribution is -1.96. The molecule has 0 bridgehead atoms. The summed E-state index contributed by atoms with van der Waals surface area (Å²) in [7, 11) is 1.41. The summed E-state index contributed by atoms with van der Waals surface area (Å²) >= 11 is 0. The molecule has 0 aliphatic carbocycles. The number of benzene rings is 1. The van der Waals surface area contributed by atoms with Crippen molar-refractivity contribution in [3.63, 3.8) is 0 Å². The van der Waals surface area contributed by atoms with Gasteiger partial charge in [0.25, 0.3) is 0 Å². The Morgan fingerprint density at radius 2 is 1.90 bits per heavy atom. The van der Waals surface area contributed by atoms with Crippen LogP contribution in [-0.2, 0) is 9.84 Å². The third-order valence-corrected chi connectivity index (χ3v) is 1.29. The van der Waals surface area contributed by atoms with Gasteiger partial charge in [-0.15, -0.1) is 0 Å². The molecule has 1 rings (SSSR count). The lowest BCUT2D eigenvalue weighted by Gasteiger charge is -2.03. The summed E-state index contributed by atoms with van der Waals surface area (Å²) in [5.41, 5.74) is 0.671. The molecule has 1 atom stereocenters. The van der Waals surface area contributed by atoms with Crippen molar-refractivity contribution in [2.45, 2.75) is 6.29 Å². The number of hydrogen-bond acceptors (Lipinski definition) is 1. The highest BCUT2D eigenvalue weighted by atomic mass is 16.6. The first-order valence-corrected chi connectivity index (χ1v) is 3.08. The zero-order chi connectivity index (χ0) is 7.40. The minimum Gasteiger partial charge on any atom is -0.349 e. The van der Waals surface area contributed by atoms with Crippen LogP contribution in [0.4, 0.5) is 0 Å². The molecule has 0 N–H and O–H groups in total. The molecule has 2 nitrogen and oxygen atoms in total. The van der Waals surface area contributed by atoms with Crippen LogP contribution in [0.2, 0.25) is 0 Å². The van der Waals surface area contributed by atoms with Crippen LogP contribution in [0.1, 0.15) is 11.9 Å². The minimum atomic E-state index is -1.04. The van der Waals surface area contributed by atoms with Gasteiger partial charge >= 0.3 is 0 Å². The molecule has 0 amide bonds. The van der Waals surface area contributed by atoms with Crippen LogP contribution in [-0.4, -0.2) is 7.11 Å². The van der Waals surface area contributed by atoms with Crippen LogP contribution in [0, 0.1) is 0 Å². The van der Waals surface area contributed by atoms with E-state index in [-0.39, 0.29) is 0 Å². The topological polar surface area (TPSA) is 29.1 Å². The maximum atomic E-state index is 10.9.